The van der Waals surface area contributed by atoms with Gasteiger partial charge in [-0.3, -0.25) is 4.79 Å². The van der Waals surface area contributed by atoms with E-state index < -0.39 is 9.84 Å². The van der Waals surface area contributed by atoms with Gasteiger partial charge in [-0.25, -0.2) is 8.42 Å². The Kier molecular flexibility index (Phi) is 4.74. The highest BCUT2D eigenvalue weighted by molar-refractivity contribution is 7.93. The molecule has 0 radical (unpaired) electrons. The lowest BCUT2D eigenvalue weighted by molar-refractivity contribution is 0.0997. The molecule has 4 nitrogen and oxygen atoms in total. The number of nitrogens with zero attached hydrogens (tertiary/aromatic N) is 1. The molecule has 0 N–H and O–H groups in total. The first-order chi connectivity index (χ1) is 11.9. The number of carbonyl (C=O) groups is 1. The third-order valence-electron chi connectivity index (χ3n) is 3.80. The number of amides is 1. The summed E-state index contributed by atoms with van der Waals surface area (Å²) in [5.74, 6) is -0.231. The van der Waals surface area contributed by atoms with Gasteiger partial charge in [0.1, 0.15) is 4.21 Å². The van der Waals surface area contributed by atoms with Gasteiger partial charge in [0.25, 0.3) is 5.91 Å². The minimum atomic E-state index is -3.60. The van der Waals surface area contributed by atoms with Crippen LogP contribution in [-0.4, -0.2) is 21.4 Å². The monoisotopic (exact) mass is 371 g/mol. The van der Waals surface area contributed by atoms with Crippen LogP contribution in [0.5, 0.6) is 0 Å². The maximum absolute atomic E-state index is 12.7. The van der Waals surface area contributed by atoms with E-state index in [0.29, 0.717) is 4.88 Å². The highest BCUT2D eigenvalue weighted by atomic mass is 32.2. The van der Waals surface area contributed by atoms with Gasteiger partial charge < -0.3 is 4.90 Å². The normalized spacial score (nSPS) is 11.3. The van der Waals surface area contributed by atoms with E-state index in [1.54, 1.807) is 43.4 Å². The van der Waals surface area contributed by atoms with E-state index in [4.69, 9.17) is 0 Å². The van der Waals surface area contributed by atoms with Crippen molar-refractivity contribution in [1.29, 1.82) is 0 Å². The first-order valence-corrected chi connectivity index (χ1v) is 9.94. The van der Waals surface area contributed by atoms with E-state index in [2.05, 4.69) is 0 Å². The van der Waals surface area contributed by atoms with Crippen molar-refractivity contribution in [3.8, 4) is 0 Å². The van der Waals surface area contributed by atoms with E-state index in [1.807, 2.05) is 31.2 Å². The molecule has 0 aliphatic heterocycles. The lowest BCUT2D eigenvalue weighted by Crippen LogP contribution is -2.25. The summed E-state index contributed by atoms with van der Waals surface area (Å²) in [5.41, 5.74) is 1.82. The Hall–Kier alpha value is -2.44. The van der Waals surface area contributed by atoms with Crippen LogP contribution in [-0.2, 0) is 9.84 Å². The molecule has 0 unspecified atom stereocenters. The highest BCUT2D eigenvalue weighted by Crippen LogP contribution is 2.29. The molecule has 6 heteroatoms. The van der Waals surface area contributed by atoms with Crippen LogP contribution >= 0.6 is 11.3 Å². The van der Waals surface area contributed by atoms with Crippen molar-refractivity contribution in [3.05, 3.63) is 77.2 Å². The predicted octanol–water partition coefficient (Wildman–Crippen LogP) is 4.17. The number of carbonyl (C=O) groups excluding carboxylic acids is 1. The second-order valence-electron chi connectivity index (χ2n) is 5.64. The Morgan fingerprint density at radius 3 is 2.36 bits per heavy atom. The molecule has 0 saturated heterocycles. The van der Waals surface area contributed by atoms with Gasteiger partial charge in [0, 0.05) is 12.7 Å². The van der Waals surface area contributed by atoms with Crippen LogP contribution in [0.4, 0.5) is 5.69 Å². The zero-order valence-corrected chi connectivity index (χ0v) is 15.5. The van der Waals surface area contributed by atoms with Gasteiger partial charge in [-0.1, -0.05) is 30.3 Å². The van der Waals surface area contributed by atoms with Crippen LogP contribution in [0, 0.1) is 6.92 Å². The van der Waals surface area contributed by atoms with Crippen molar-refractivity contribution in [2.45, 2.75) is 16.0 Å². The van der Waals surface area contributed by atoms with Crippen LogP contribution in [0.3, 0.4) is 0 Å². The standard InChI is InChI=1S/C19H17NO3S2/c1-14-7-6-8-15(13-14)20(2)19(21)17-11-12-18(24-17)25(22,23)16-9-4-3-5-10-16/h3-13H,1-2H3. The van der Waals surface area contributed by atoms with E-state index >= 15 is 0 Å². The van der Waals surface area contributed by atoms with E-state index in [1.165, 1.54) is 11.0 Å². The smallest absolute Gasteiger partial charge is 0.268 e. The lowest BCUT2D eigenvalue weighted by Gasteiger charge is -2.16. The van der Waals surface area contributed by atoms with Crippen LogP contribution < -0.4 is 4.90 Å². The average Bonchev–Trinajstić information content (AvgIpc) is 3.12. The summed E-state index contributed by atoms with van der Waals surface area (Å²) in [5, 5.41) is 0. The number of rotatable bonds is 4. The molecular weight excluding hydrogens is 354 g/mol. The molecule has 25 heavy (non-hydrogen) atoms. The van der Waals surface area contributed by atoms with Crippen molar-refractivity contribution in [2.24, 2.45) is 0 Å². The largest absolute Gasteiger partial charge is 0.311 e. The first kappa shape index (κ1) is 17.4. The number of anilines is 1. The fourth-order valence-electron chi connectivity index (χ4n) is 2.41. The molecule has 0 aliphatic rings. The van der Waals surface area contributed by atoms with Crippen LogP contribution in [0.15, 0.2) is 75.8 Å². The molecule has 0 fully saturated rings. The Morgan fingerprint density at radius 1 is 0.960 bits per heavy atom. The van der Waals surface area contributed by atoms with Gasteiger partial charge in [0.05, 0.1) is 9.77 Å². The minimum Gasteiger partial charge on any atom is -0.311 e. The van der Waals surface area contributed by atoms with E-state index in [0.717, 1.165) is 22.6 Å². The number of hydrogen-bond donors (Lipinski definition) is 0. The van der Waals surface area contributed by atoms with Gasteiger partial charge in [-0.2, -0.15) is 0 Å². The van der Waals surface area contributed by atoms with Gasteiger partial charge in [-0.15, -0.1) is 11.3 Å². The molecule has 3 aromatic rings. The Bertz CT molecular complexity index is 1010. The lowest BCUT2D eigenvalue weighted by atomic mass is 10.2. The summed E-state index contributed by atoms with van der Waals surface area (Å²) in [6, 6.07) is 18.9. The van der Waals surface area contributed by atoms with Crippen molar-refractivity contribution < 1.29 is 13.2 Å². The zero-order valence-electron chi connectivity index (χ0n) is 13.8. The summed E-state index contributed by atoms with van der Waals surface area (Å²) in [7, 11) is -1.92. The van der Waals surface area contributed by atoms with Gasteiger partial charge in [-0.05, 0) is 48.9 Å². The number of hydrogen-bond acceptors (Lipinski definition) is 4. The summed E-state index contributed by atoms with van der Waals surface area (Å²) >= 11 is 0.991. The maximum Gasteiger partial charge on any atom is 0.268 e. The topological polar surface area (TPSA) is 54.5 Å². The van der Waals surface area contributed by atoms with E-state index in [-0.39, 0.29) is 15.0 Å². The molecule has 0 bridgehead atoms. The fourth-order valence-corrected chi connectivity index (χ4v) is 5.12. The summed E-state index contributed by atoms with van der Waals surface area (Å²) < 4.78 is 25.4. The SMILES string of the molecule is Cc1cccc(N(C)C(=O)c2ccc(S(=O)(=O)c3ccccc3)s2)c1. The molecule has 128 valence electrons. The third-order valence-corrected chi connectivity index (χ3v) is 7.14. The summed E-state index contributed by atoms with van der Waals surface area (Å²) in [6.07, 6.45) is 0. The number of sulfone groups is 1. The Morgan fingerprint density at radius 2 is 1.68 bits per heavy atom. The molecule has 0 atom stereocenters. The Balaban J connectivity index is 1.90. The first-order valence-electron chi connectivity index (χ1n) is 7.64. The molecular formula is C19H17NO3S2. The van der Waals surface area contributed by atoms with Crippen molar-refractivity contribution in [3.63, 3.8) is 0 Å². The number of aryl methyl sites for hydroxylation is 1. The molecule has 1 amide bonds. The molecule has 0 spiro atoms. The molecule has 2 aromatic carbocycles. The highest BCUT2D eigenvalue weighted by Gasteiger charge is 2.23. The fraction of sp³-hybridized carbons (Fsp3) is 0.105. The molecule has 3 rings (SSSR count). The van der Waals surface area contributed by atoms with Crippen molar-refractivity contribution in [2.75, 3.05) is 11.9 Å². The number of benzene rings is 2. The second kappa shape index (κ2) is 6.82. The molecule has 0 saturated carbocycles. The third kappa shape index (κ3) is 3.50. The van der Waals surface area contributed by atoms with Crippen LogP contribution in [0.25, 0.3) is 0 Å². The molecule has 1 aromatic heterocycles. The average molecular weight is 371 g/mol. The second-order valence-corrected chi connectivity index (χ2v) is 8.90. The number of thiophene rings is 1. The van der Waals surface area contributed by atoms with Crippen LogP contribution in [0.2, 0.25) is 0 Å². The zero-order chi connectivity index (χ0) is 18.0. The Labute approximate surface area is 151 Å². The van der Waals surface area contributed by atoms with Crippen molar-refractivity contribution >= 4 is 32.8 Å². The molecule has 1 heterocycles. The predicted molar refractivity (Wildman–Crippen MR) is 100 cm³/mol. The summed E-state index contributed by atoms with van der Waals surface area (Å²) in [6.45, 7) is 1.96. The van der Waals surface area contributed by atoms with Gasteiger partial charge >= 0.3 is 0 Å². The van der Waals surface area contributed by atoms with Gasteiger partial charge in [0.2, 0.25) is 9.84 Å². The van der Waals surface area contributed by atoms with E-state index in [9.17, 15) is 13.2 Å². The van der Waals surface area contributed by atoms with Crippen molar-refractivity contribution in [1.82, 2.24) is 0 Å². The van der Waals surface area contributed by atoms with Crippen LogP contribution in [0.1, 0.15) is 15.2 Å². The summed E-state index contributed by atoms with van der Waals surface area (Å²) in [4.78, 5) is 14.8. The van der Waals surface area contributed by atoms with Gasteiger partial charge in [0.15, 0.2) is 0 Å². The maximum atomic E-state index is 12.7. The minimum absolute atomic E-state index is 0.166. The molecule has 0 aliphatic carbocycles. The quantitative estimate of drug-likeness (QED) is 0.692.